The highest BCUT2D eigenvalue weighted by atomic mass is 32.2. The van der Waals surface area contributed by atoms with Gasteiger partial charge in [0.1, 0.15) is 17.5 Å². The van der Waals surface area contributed by atoms with Gasteiger partial charge in [0, 0.05) is 26.1 Å². The molecule has 0 radical (unpaired) electrons. The van der Waals surface area contributed by atoms with Crippen molar-refractivity contribution in [1.29, 1.82) is 0 Å². The molecule has 190 valence electrons. The number of carbonyl (C=O) groups excluding carboxylic acids is 2. The maximum Gasteiger partial charge on any atom is 0.262 e. The second-order valence-electron chi connectivity index (χ2n) is 8.86. The standard InChI is InChI=1S/C25H33N3O6S/c1-19(2)24(25(30)26-31)28(18-15-23(29)27-16-7-4-8-17-27)35(32,33)22-13-11-21(12-14-22)34-20-9-5-3-6-10-20/h3,5-6,9-14,19,24,31H,4,7-8,15-18H2,1-2H3,(H,26,30). The summed E-state index contributed by atoms with van der Waals surface area (Å²) in [6.07, 6.45) is 2.86. The summed E-state index contributed by atoms with van der Waals surface area (Å²) in [7, 11) is -4.18. The molecule has 35 heavy (non-hydrogen) atoms. The minimum atomic E-state index is -4.18. The van der Waals surface area contributed by atoms with E-state index >= 15 is 0 Å². The lowest BCUT2D eigenvalue weighted by Gasteiger charge is -2.33. The molecule has 1 saturated heterocycles. The van der Waals surface area contributed by atoms with Crippen molar-refractivity contribution in [3.63, 3.8) is 0 Å². The molecule has 1 unspecified atom stereocenters. The molecule has 10 heteroatoms. The van der Waals surface area contributed by atoms with Gasteiger partial charge in [0.2, 0.25) is 15.9 Å². The summed E-state index contributed by atoms with van der Waals surface area (Å²) in [4.78, 5) is 26.9. The molecule has 0 saturated carbocycles. The second kappa shape index (κ2) is 12.1. The molecule has 0 spiro atoms. The molecular formula is C25H33N3O6S. The number of para-hydroxylation sites is 1. The summed E-state index contributed by atoms with van der Waals surface area (Å²) in [6, 6.07) is 13.8. The van der Waals surface area contributed by atoms with Crippen molar-refractivity contribution < 1.29 is 28.0 Å². The predicted molar refractivity (Wildman–Crippen MR) is 130 cm³/mol. The molecule has 0 aromatic heterocycles. The summed E-state index contributed by atoms with van der Waals surface area (Å²) >= 11 is 0. The topological polar surface area (TPSA) is 116 Å². The molecule has 0 bridgehead atoms. The number of rotatable bonds is 10. The number of hydrogen-bond acceptors (Lipinski definition) is 6. The Bertz CT molecular complexity index is 1080. The first-order valence-electron chi connectivity index (χ1n) is 11.8. The predicted octanol–water partition coefficient (Wildman–Crippen LogP) is 3.40. The van der Waals surface area contributed by atoms with Gasteiger partial charge >= 0.3 is 0 Å². The van der Waals surface area contributed by atoms with Crippen LogP contribution < -0.4 is 10.2 Å². The first-order chi connectivity index (χ1) is 16.7. The Labute approximate surface area is 206 Å². The molecule has 3 rings (SSSR count). The Kier molecular flexibility index (Phi) is 9.25. The van der Waals surface area contributed by atoms with Gasteiger partial charge in [-0.1, -0.05) is 32.0 Å². The largest absolute Gasteiger partial charge is 0.457 e. The van der Waals surface area contributed by atoms with Crippen molar-refractivity contribution in [3.8, 4) is 11.5 Å². The molecule has 2 amide bonds. The lowest BCUT2D eigenvalue weighted by Crippen LogP contribution is -2.52. The third kappa shape index (κ3) is 6.81. The van der Waals surface area contributed by atoms with Crippen molar-refractivity contribution in [2.24, 2.45) is 5.92 Å². The van der Waals surface area contributed by atoms with Gasteiger partial charge in [-0.25, -0.2) is 13.9 Å². The summed E-state index contributed by atoms with van der Waals surface area (Å²) in [6.45, 7) is 4.49. The number of nitrogens with zero attached hydrogens (tertiary/aromatic N) is 2. The van der Waals surface area contributed by atoms with Gasteiger partial charge in [-0.2, -0.15) is 4.31 Å². The summed E-state index contributed by atoms with van der Waals surface area (Å²) in [5, 5.41) is 9.28. The molecule has 1 heterocycles. The molecule has 0 aliphatic carbocycles. The molecule has 1 atom stereocenters. The van der Waals surface area contributed by atoms with E-state index < -0.39 is 27.9 Å². The Morgan fingerprint density at radius 2 is 1.60 bits per heavy atom. The van der Waals surface area contributed by atoms with Crippen LogP contribution in [0.15, 0.2) is 59.5 Å². The van der Waals surface area contributed by atoms with Gasteiger partial charge in [0.05, 0.1) is 4.90 Å². The smallest absolute Gasteiger partial charge is 0.262 e. The molecule has 1 aliphatic heterocycles. The second-order valence-corrected chi connectivity index (χ2v) is 10.7. The van der Waals surface area contributed by atoms with E-state index in [1.54, 1.807) is 36.4 Å². The van der Waals surface area contributed by atoms with Crippen molar-refractivity contribution in [1.82, 2.24) is 14.7 Å². The first kappa shape index (κ1) is 26.7. The number of piperidine rings is 1. The van der Waals surface area contributed by atoms with Crippen LogP contribution >= 0.6 is 0 Å². The van der Waals surface area contributed by atoms with Crippen molar-refractivity contribution in [3.05, 3.63) is 54.6 Å². The number of carbonyl (C=O) groups is 2. The van der Waals surface area contributed by atoms with E-state index in [4.69, 9.17) is 4.74 Å². The number of benzene rings is 2. The molecule has 9 nitrogen and oxygen atoms in total. The molecule has 2 N–H and O–H groups in total. The van der Waals surface area contributed by atoms with Crippen LogP contribution in [-0.2, 0) is 19.6 Å². The number of sulfonamides is 1. The highest BCUT2D eigenvalue weighted by Crippen LogP contribution is 2.27. The van der Waals surface area contributed by atoms with Crippen molar-refractivity contribution >= 4 is 21.8 Å². The Balaban J connectivity index is 1.85. The minimum Gasteiger partial charge on any atom is -0.457 e. The molecule has 2 aromatic rings. The normalized spacial score (nSPS) is 15.2. The lowest BCUT2D eigenvalue weighted by atomic mass is 10.0. The fraction of sp³-hybridized carbons (Fsp3) is 0.440. The van der Waals surface area contributed by atoms with Crippen LogP contribution in [-0.4, -0.2) is 60.3 Å². The van der Waals surface area contributed by atoms with Crippen LogP contribution in [0, 0.1) is 5.92 Å². The van der Waals surface area contributed by atoms with E-state index in [-0.39, 0.29) is 23.8 Å². The van der Waals surface area contributed by atoms with Crippen LogP contribution in [0.3, 0.4) is 0 Å². The Hall–Kier alpha value is -2.95. The fourth-order valence-electron chi connectivity index (χ4n) is 4.19. The third-order valence-electron chi connectivity index (χ3n) is 5.98. The van der Waals surface area contributed by atoms with Gasteiger partial charge in [-0.05, 0) is 61.6 Å². The molecule has 1 fully saturated rings. The first-order valence-corrected chi connectivity index (χ1v) is 13.2. The zero-order chi connectivity index (χ0) is 25.4. The van der Waals surface area contributed by atoms with Gasteiger partial charge in [-0.3, -0.25) is 14.8 Å². The molecule has 1 aliphatic rings. The Morgan fingerprint density at radius 3 is 2.17 bits per heavy atom. The summed E-state index contributed by atoms with van der Waals surface area (Å²) < 4.78 is 34.1. The van der Waals surface area contributed by atoms with Gasteiger partial charge < -0.3 is 9.64 Å². The average Bonchev–Trinajstić information content (AvgIpc) is 2.87. The van der Waals surface area contributed by atoms with Gasteiger partial charge in [0.25, 0.3) is 5.91 Å². The minimum absolute atomic E-state index is 0.0419. The number of amides is 2. The van der Waals surface area contributed by atoms with E-state index in [9.17, 15) is 23.2 Å². The van der Waals surface area contributed by atoms with Crippen LogP contribution in [0.25, 0.3) is 0 Å². The van der Waals surface area contributed by atoms with Crippen molar-refractivity contribution in [2.45, 2.75) is 50.5 Å². The van der Waals surface area contributed by atoms with Gasteiger partial charge in [-0.15, -0.1) is 0 Å². The van der Waals surface area contributed by atoms with Crippen LogP contribution in [0.1, 0.15) is 39.5 Å². The van der Waals surface area contributed by atoms with E-state index in [2.05, 4.69) is 0 Å². The van der Waals surface area contributed by atoms with E-state index in [0.29, 0.717) is 24.6 Å². The number of nitrogens with one attached hydrogen (secondary N) is 1. The SMILES string of the molecule is CC(C)C(C(=O)NO)N(CCC(=O)N1CCCCC1)S(=O)(=O)c1ccc(Oc2ccccc2)cc1. The van der Waals surface area contributed by atoms with Crippen LogP contribution in [0.5, 0.6) is 11.5 Å². The number of hydroxylamine groups is 1. The zero-order valence-corrected chi connectivity index (χ0v) is 20.9. The van der Waals surface area contributed by atoms with Gasteiger partial charge in [0.15, 0.2) is 0 Å². The maximum absolute atomic E-state index is 13.7. The lowest BCUT2D eigenvalue weighted by molar-refractivity contribution is -0.136. The zero-order valence-electron chi connectivity index (χ0n) is 20.1. The van der Waals surface area contributed by atoms with E-state index in [1.165, 1.54) is 24.3 Å². The number of hydrogen-bond donors (Lipinski definition) is 2. The van der Waals surface area contributed by atoms with E-state index in [1.807, 2.05) is 18.2 Å². The summed E-state index contributed by atoms with van der Waals surface area (Å²) in [5.74, 6) is -0.389. The highest BCUT2D eigenvalue weighted by Gasteiger charge is 2.38. The number of ether oxygens (including phenoxy) is 1. The third-order valence-corrected chi connectivity index (χ3v) is 7.88. The summed E-state index contributed by atoms with van der Waals surface area (Å²) in [5.41, 5.74) is 1.58. The van der Waals surface area contributed by atoms with Crippen LogP contribution in [0.4, 0.5) is 0 Å². The number of likely N-dealkylation sites (tertiary alicyclic amines) is 1. The molecule has 2 aromatic carbocycles. The average molecular weight is 504 g/mol. The highest BCUT2D eigenvalue weighted by molar-refractivity contribution is 7.89. The monoisotopic (exact) mass is 503 g/mol. The van der Waals surface area contributed by atoms with E-state index in [0.717, 1.165) is 23.6 Å². The quantitative estimate of drug-likeness (QED) is 0.379. The van der Waals surface area contributed by atoms with Crippen LogP contribution in [0.2, 0.25) is 0 Å². The maximum atomic E-state index is 13.7. The van der Waals surface area contributed by atoms with Crippen molar-refractivity contribution in [2.75, 3.05) is 19.6 Å². The Morgan fingerprint density at radius 1 is 1.00 bits per heavy atom. The fourth-order valence-corrected chi connectivity index (χ4v) is 5.91. The molecular weight excluding hydrogens is 470 g/mol.